The maximum absolute atomic E-state index is 13.0. The Bertz CT molecular complexity index is 837. The van der Waals surface area contributed by atoms with E-state index in [0.717, 1.165) is 5.56 Å². The number of benzene rings is 1. The van der Waals surface area contributed by atoms with E-state index in [1.54, 1.807) is 14.0 Å². The van der Waals surface area contributed by atoms with Crippen LogP contribution in [0.25, 0.3) is 0 Å². The zero-order valence-electron chi connectivity index (χ0n) is 17.0. The van der Waals surface area contributed by atoms with Crippen molar-refractivity contribution in [2.75, 3.05) is 26.0 Å². The molecule has 2 atom stereocenters. The highest BCUT2D eigenvalue weighted by Gasteiger charge is 2.37. The predicted octanol–water partition coefficient (Wildman–Crippen LogP) is 2.48. The van der Waals surface area contributed by atoms with Crippen LogP contribution in [0.15, 0.2) is 18.2 Å². The summed E-state index contributed by atoms with van der Waals surface area (Å²) in [6.07, 6.45) is 2.04. The maximum atomic E-state index is 13.0. The molecule has 156 valence electrons. The Labute approximate surface area is 167 Å². The molecule has 8 heteroatoms. The lowest BCUT2D eigenvalue weighted by Crippen LogP contribution is -2.48. The van der Waals surface area contributed by atoms with Gasteiger partial charge < -0.3 is 14.8 Å². The van der Waals surface area contributed by atoms with Gasteiger partial charge in [-0.2, -0.15) is 0 Å². The Kier molecular flexibility index (Phi) is 5.91. The van der Waals surface area contributed by atoms with E-state index < -0.39 is 15.6 Å². The first-order chi connectivity index (χ1) is 13.1. The summed E-state index contributed by atoms with van der Waals surface area (Å²) in [6.45, 7) is 6.36. The molecule has 0 spiro atoms. The Morgan fingerprint density at radius 2 is 2.14 bits per heavy atom. The van der Waals surface area contributed by atoms with Crippen molar-refractivity contribution in [3.05, 3.63) is 23.8 Å². The van der Waals surface area contributed by atoms with Crippen LogP contribution in [-0.4, -0.2) is 50.2 Å². The molecular weight excluding hydrogens is 380 g/mol. The van der Waals surface area contributed by atoms with Crippen molar-refractivity contribution in [1.82, 2.24) is 9.62 Å². The number of methoxy groups -OCH3 is 1. The number of carbonyl (C=O) groups excluding carboxylic acids is 1. The van der Waals surface area contributed by atoms with E-state index in [-0.39, 0.29) is 30.2 Å². The number of hydrogen-bond acceptors (Lipinski definition) is 5. The van der Waals surface area contributed by atoms with Gasteiger partial charge in [-0.25, -0.2) is 12.7 Å². The van der Waals surface area contributed by atoms with Gasteiger partial charge in [0.2, 0.25) is 15.9 Å². The highest BCUT2D eigenvalue weighted by molar-refractivity contribution is 7.89. The van der Waals surface area contributed by atoms with Crippen LogP contribution >= 0.6 is 0 Å². The molecule has 3 rings (SSSR count). The van der Waals surface area contributed by atoms with Crippen molar-refractivity contribution in [2.24, 2.45) is 5.92 Å². The lowest BCUT2D eigenvalue weighted by molar-refractivity contribution is -0.127. The van der Waals surface area contributed by atoms with E-state index in [9.17, 15) is 13.2 Å². The number of amides is 1. The summed E-state index contributed by atoms with van der Waals surface area (Å²) in [6, 6.07) is 5.43. The second-order valence-corrected chi connectivity index (χ2v) is 10.4. The van der Waals surface area contributed by atoms with E-state index in [0.29, 0.717) is 37.3 Å². The Morgan fingerprint density at radius 3 is 2.82 bits per heavy atom. The van der Waals surface area contributed by atoms with Crippen LogP contribution in [0, 0.1) is 5.92 Å². The van der Waals surface area contributed by atoms with Crippen molar-refractivity contribution >= 4 is 15.9 Å². The van der Waals surface area contributed by atoms with Gasteiger partial charge in [0.25, 0.3) is 0 Å². The summed E-state index contributed by atoms with van der Waals surface area (Å²) in [5.41, 5.74) is 0.490. The molecule has 0 aromatic heterocycles. The quantitative estimate of drug-likeness (QED) is 0.806. The number of hydrogen-bond donors (Lipinski definition) is 1. The summed E-state index contributed by atoms with van der Waals surface area (Å²) in [4.78, 5) is 13.0. The minimum Gasteiger partial charge on any atom is -0.497 e. The average molecular weight is 411 g/mol. The SMILES string of the molecule is CCS(=O)(=O)N1CCC[C@H](C(=O)N[C@@H]2CC(C)(C)Oc3cc(OC)ccc32)C1. The van der Waals surface area contributed by atoms with Gasteiger partial charge in [0, 0.05) is 31.1 Å². The van der Waals surface area contributed by atoms with E-state index in [1.807, 2.05) is 32.0 Å². The lowest BCUT2D eigenvalue weighted by atomic mass is 9.88. The number of nitrogens with zero attached hydrogens (tertiary/aromatic N) is 1. The molecule has 0 saturated carbocycles. The van der Waals surface area contributed by atoms with Gasteiger partial charge >= 0.3 is 0 Å². The molecule has 0 bridgehead atoms. The second kappa shape index (κ2) is 7.91. The average Bonchev–Trinajstić information content (AvgIpc) is 2.66. The largest absolute Gasteiger partial charge is 0.497 e. The second-order valence-electron chi connectivity index (χ2n) is 8.13. The number of piperidine rings is 1. The minimum atomic E-state index is -3.28. The van der Waals surface area contributed by atoms with Crippen LogP contribution < -0.4 is 14.8 Å². The van der Waals surface area contributed by atoms with E-state index >= 15 is 0 Å². The molecule has 1 N–H and O–H groups in total. The van der Waals surface area contributed by atoms with Gasteiger partial charge in [-0.05, 0) is 45.7 Å². The van der Waals surface area contributed by atoms with Gasteiger partial charge in [0.1, 0.15) is 17.1 Å². The van der Waals surface area contributed by atoms with E-state index in [2.05, 4.69) is 5.32 Å². The highest BCUT2D eigenvalue weighted by atomic mass is 32.2. The molecule has 1 aromatic rings. The molecule has 1 fully saturated rings. The van der Waals surface area contributed by atoms with Crippen LogP contribution in [0.4, 0.5) is 0 Å². The van der Waals surface area contributed by atoms with Crippen LogP contribution in [0.5, 0.6) is 11.5 Å². The van der Waals surface area contributed by atoms with Gasteiger partial charge in [-0.3, -0.25) is 4.79 Å². The molecule has 1 aromatic carbocycles. The van der Waals surface area contributed by atoms with Crippen LogP contribution in [-0.2, 0) is 14.8 Å². The first-order valence-electron chi connectivity index (χ1n) is 9.80. The van der Waals surface area contributed by atoms with Gasteiger partial charge in [-0.1, -0.05) is 0 Å². The predicted molar refractivity (Wildman–Crippen MR) is 107 cm³/mol. The lowest BCUT2D eigenvalue weighted by Gasteiger charge is -2.39. The van der Waals surface area contributed by atoms with Crippen LogP contribution in [0.3, 0.4) is 0 Å². The molecule has 28 heavy (non-hydrogen) atoms. The zero-order valence-corrected chi connectivity index (χ0v) is 17.8. The van der Waals surface area contributed by atoms with Gasteiger partial charge in [0.15, 0.2) is 0 Å². The molecule has 0 unspecified atom stereocenters. The fourth-order valence-corrected chi connectivity index (χ4v) is 5.15. The van der Waals surface area contributed by atoms with Crippen molar-refractivity contribution in [2.45, 2.75) is 51.7 Å². The van der Waals surface area contributed by atoms with Crippen molar-refractivity contribution in [3.63, 3.8) is 0 Å². The number of sulfonamides is 1. The third kappa shape index (κ3) is 4.43. The number of carbonyl (C=O) groups is 1. The molecule has 2 aliphatic heterocycles. The topological polar surface area (TPSA) is 84.9 Å². The number of ether oxygens (including phenoxy) is 2. The van der Waals surface area contributed by atoms with Crippen molar-refractivity contribution in [1.29, 1.82) is 0 Å². The summed E-state index contributed by atoms with van der Waals surface area (Å²) in [5, 5.41) is 3.15. The minimum absolute atomic E-state index is 0.0602. The molecule has 2 heterocycles. The summed E-state index contributed by atoms with van der Waals surface area (Å²) < 4.78 is 37.2. The fourth-order valence-electron chi connectivity index (χ4n) is 3.97. The summed E-state index contributed by atoms with van der Waals surface area (Å²) >= 11 is 0. The number of rotatable bonds is 5. The standard InChI is InChI=1S/C20H30N2O5S/c1-5-28(24,25)22-10-6-7-14(13-22)19(23)21-17-12-20(2,3)27-18-11-15(26-4)8-9-16(17)18/h8-9,11,14,17H,5-7,10,12-13H2,1-4H3,(H,21,23)/t14-,17+/m0/s1. The molecule has 0 radical (unpaired) electrons. The summed E-state index contributed by atoms with van der Waals surface area (Å²) in [5.74, 6) is 1.04. The number of fused-ring (bicyclic) bond motifs is 1. The van der Waals surface area contributed by atoms with Crippen LogP contribution in [0.2, 0.25) is 0 Å². The first-order valence-corrected chi connectivity index (χ1v) is 11.4. The fraction of sp³-hybridized carbons (Fsp3) is 0.650. The van der Waals surface area contributed by atoms with E-state index in [4.69, 9.17) is 9.47 Å². The third-order valence-corrected chi connectivity index (χ3v) is 7.36. The number of nitrogens with one attached hydrogen (secondary N) is 1. The van der Waals surface area contributed by atoms with Crippen molar-refractivity contribution < 1.29 is 22.7 Å². The Balaban J connectivity index is 1.77. The molecular formula is C20H30N2O5S. The molecule has 0 aliphatic carbocycles. The smallest absolute Gasteiger partial charge is 0.224 e. The molecule has 1 amide bonds. The zero-order chi connectivity index (χ0) is 20.5. The first kappa shape index (κ1) is 20.9. The molecule has 2 aliphatic rings. The highest BCUT2D eigenvalue weighted by Crippen LogP contribution is 2.41. The molecule has 7 nitrogen and oxygen atoms in total. The normalized spacial score (nSPS) is 24.7. The Morgan fingerprint density at radius 1 is 1.39 bits per heavy atom. The molecule has 1 saturated heterocycles. The van der Waals surface area contributed by atoms with Crippen LogP contribution in [0.1, 0.15) is 51.6 Å². The van der Waals surface area contributed by atoms with E-state index in [1.165, 1.54) is 4.31 Å². The van der Waals surface area contributed by atoms with Crippen molar-refractivity contribution in [3.8, 4) is 11.5 Å². The summed E-state index contributed by atoms with van der Waals surface area (Å²) in [7, 11) is -1.67. The van der Waals surface area contributed by atoms with Gasteiger partial charge in [0.05, 0.1) is 24.8 Å². The third-order valence-electron chi connectivity index (χ3n) is 5.51. The monoisotopic (exact) mass is 410 g/mol. The maximum Gasteiger partial charge on any atom is 0.224 e. The van der Waals surface area contributed by atoms with Gasteiger partial charge in [-0.15, -0.1) is 0 Å². The Hall–Kier alpha value is -1.80.